The third kappa shape index (κ3) is 5.92. The van der Waals surface area contributed by atoms with Gasteiger partial charge in [-0.2, -0.15) is 13.2 Å². The van der Waals surface area contributed by atoms with E-state index >= 15 is 0 Å². The molecule has 0 heterocycles. The number of rotatable bonds is 6. The third-order valence-corrected chi connectivity index (χ3v) is 2.38. The van der Waals surface area contributed by atoms with Crippen molar-refractivity contribution in [3.63, 3.8) is 0 Å². The molecule has 0 saturated heterocycles. The molecule has 20 heavy (non-hydrogen) atoms. The predicted molar refractivity (Wildman–Crippen MR) is 69.6 cm³/mol. The maximum Gasteiger partial charge on any atom is 0.416 e. The Morgan fingerprint density at radius 3 is 2.70 bits per heavy atom. The van der Waals surface area contributed by atoms with Gasteiger partial charge in [0.15, 0.2) is 0 Å². The van der Waals surface area contributed by atoms with Crippen LogP contribution in [0.4, 0.5) is 23.7 Å². The van der Waals surface area contributed by atoms with Crippen LogP contribution in [0.2, 0.25) is 0 Å². The lowest BCUT2D eigenvalue weighted by Gasteiger charge is -2.10. The van der Waals surface area contributed by atoms with E-state index in [1.807, 2.05) is 6.92 Å². The fourth-order valence-corrected chi connectivity index (χ4v) is 1.44. The van der Waals surface area contributed by atoms with Crippen LogP contribution in [0.1, 0.15) is 18.9 Å². The quantitative estimate of drug-likeness (QED) is 0.791. The molecule has 0 aliphatic heterocycles. The molecule has 1 aromatic carbocycles. The molecular formula is C13H17F3N2O2. The smallest absolute Gasteiger partial charge is 0.416 e. The van der Waals surface area contributed by atoms with Crippen molar-refractivity contribution in [1.82, 2.24) is 5.32 Å². The van der Waals surface area contributed by atoms with E-state index < -0.39 is 17.8 Å². The highest BCUT2D eigenvalue weighted by molar-refractivity contribution is 5.84. The summed E-state index contributed by atoms with van der Waals surface area (Å²) in [6.07, 6.45) is -4.25. The molecule has 0 aliphatic rings. The van der Waals surface area contributed by atoms with E-state index in [2.05, 4.69) is 10.6 Å². The molecule has 0 radical (unpaired) electrons. The van der Waals surface area contributed by atoms with Crippen LogP contribution in [0.25, 0.3) is 0 Å². The summed E-state index contributed by atoms with van der Waals surface area (Å²) in [5, 5.41) is 5.29. The molecule has 0 spiro atoms. The van der Waals surface area contributed by atoms with E-state index in [9.17, 15) is 18.0 Å². The number of benzene rings is 1. The van der Waals surface area contributed by atoms with Crippen LogP contribution in [-0.4, -0.2) is 25.8 Å². The Labute approximate surface area is 115 Å². The Morgan fingerprint density at radius 2 is 2.05 bits per heavy atom. The Kier molecular flexibility index (Phi) is 6.30. The maximum absolute atomic E-state index is 12.5. The van der Waals surface area contributed by atoms with Gasteiger partial charge >= 0.3 is 12.3 Å². The normalized spacial score (nSPS) is 11.2. The second-order valence-electron chi connectivity index (χ2n) is 4.09. The Hall–Kier alpha value is -1.76. The number of anilines is 1. The number of nitrogens with one attached hydrogen (secondary N) is 2. The van der Waals surface area contributed by atoms with Gasteiger partial charge in [0.1, 0.15) is 6.61 Å². The zero-order chi connectivity index (χ0) is 15.0. The molecule has 0 bridgehead atoms. The molecule has 112 valence electrons. The van der Waals surface area contributed by atoms with E-state index in [4.69, 9.17) is 4.74 Å². The van der Waals surface area contributed by atoms with Crippen LogP contribution in [0, 0.1) is 0 Å². The summed E-state index contributed by atoms with van der Waals surface area (Å²) < 4.78 is 42.2. The molecule has 0 fully saturated rings. The average Bonchev–Trinajstić information content (AvgIpc) is 2.38. The molecule has 0 atom stereocenters. The Bertz CT molecular complexity index is 436. The lowest BCUT2D eigenvalue weighted by Crippen LogP contribution is -2.24. The minimum absolute atomic E-state index is 0.0475. The molecule has 1 rings (SSSR count). The van der Waals surface area contributed by atoms with E-state index in [-0.39, 0.29) is 12.3 Å². The first kappa shape index (κ1) is 16.3. The number of ether oxygens (including phenoxy) is 1. The minimum Gasteiger partial charge on any atom is -0.448 e. The summed E-state index contributed by atoms with van der Waals surface area (Å²) >= 11 is 0. The SMILES string of the molecule is CCCNCCOC(=O)Nc1cccc(C(F)(F)F)c1. The Balaban J connectivity index is 2.42. The topological polar surface area (TPSA) is 50.4 Å². The standard InChI is InChI=1S/C13H17F3N2O2/c1-2-6-17-7-8-20-12(19)18-11-5-3-4-10(9-11)13(14,15)16/h3-5,9,17H,2,6-8H2,1H3,(H,18,19). The van der Waals surface area contributed by atoms with Gasteiger partial charge < -0.3 is 10.1 Å². The molecule has 0 aliphatic carbocycles. The zero-order valence-corrected chi connectivity index (χ0v) is 11.1. The highest BCUT2D eigenvalue weighted by atomic mass is 19.4. The number of carbonyl (C=O) groups is 1. The van der Waals surface area contributed by atoms with E-state index in [0.717, 1.165) is 25.1 Å². The number of amides is 1. The van der Waals surface area contributed by atoms with Crippen molar-refractivity contribution >= 4 is 11.8 Å². The molecule has 0 aromatic heterocycles. The van der Waals surface area contributed by atoms with Gasteiger partial charge in [0.05, 0.1) is 5.56 Å². The van der Waals surface area contributed by atoms with Crippen LogP contribution >= 0.6 is 0 Å². The summed E-state index contributed by atoms with van der Waals surface area (Å²) in [6.45, 7) is 3.49. The van der Waals surface area contributed by atoms with E-state index in [1.165, 1.54) is 12.1 Å². The van der Waals surface area contributed by atoms with Gasteiger partial charge in [0.25, 0.3) is 0 Å². The molecular weight excluding hydrogens is 273 g/mol. The molecule has 7 heteroatoms. The summed E-state index contributed by atoms with van der Waals surface area (Å²) in [4.78, 5) is 11.4. The van der Waals surface area contributed by atoms with Crippen molar-refractivity contribution in [2.45, 2.75) is 19.5 Å². The van der Waals surface area contributed by atoms with Crippen molar-refractivity contribution in [2.75, 3.05) is 25.0 Å². The van der Waals surface area contributed by atoms with Crippen LogP contribution in [0.3, 0.4) is 0 Å². The van der Waals surface area contributed by atoms with Gasteiger partial charge in [0.2, 0.25) is 0 Å². The summed E-state index contributed by atoms with van der Waals surface area (Å²) in [5.41, 5.74) is -0.772. The van der Waals surface area contributed by atoms with Crippen LogP contribution in [0.15, 0.2) is 24.3 Å². The number of alkyl halides is 3. The molecule has 0 saturated carbocycles. The van der Waals surface area contributed by atoms with Crippen molar-refractivity contribution in [3.05, 3.63) is 29.8 Å². The maximum atomic E-state index is 12.5. The second kappa shape index (κ2) is 7.74. The monoisotopic (exact) mass is 290 g/mol. The van der Waals surface area contributed by atoms with Gasteiger partial charge in [-0.05, 0) is 31.2 Å². The van der Waals surface area contributed by atoms with E-state index in [1.54, 1.807) is 0 Å². The number of hydrogen-bond donors (Lipinski definition) is 2. The van der Waals surface area contributed by atoms with Gasteiger partial charge in [0, 0.05) is 12.2 Å². The van der Waals surface area contributed by atoms with Gasteiger partial charge in [-0.1, -0.05) is 13.0 Å². The third-order valence-electron chi connectivity index (χ3n) is 2.38. The first-order valence-electron chi connectivity index (χ1n) is 6.25. The fraction of sp³-hybridized carbons (Fsp3) is 0.462. The van der Waals surface area contributed by atoms with Gasteiger partial charge in [-0.25, -0.2) is 4.79 Å². The summed E-state index contributed by atoms with van der Waals surface area (Å²) in [5.74, 6) is 0. The van der Waals surface area contributed by atoms with Crippen LogP contribution in [-0.2, 0) is 10.9 Å². The van der Waals surface area contributed by atoms with Crippen molar-refractivity contribution in [3.8, 4) is 0 Å². The summed E-state index contributed by atoms with van der Waals surface area (Å²) in [6, 6.07) is 4.38. The first-order valence-corrected chi connectivity index (χ1v) is 6.25. The number of halogens is 3. The molecule has 4 nitrogen and oxygen atoms in total. The van der Waals surface area contributed by atoms with Crippen LogP contribution < -0.4 is 10.6 Å². The van der Waals surface area contributed by atoms with E-state index in [0.29, 0.717) is 6.54 Å². The van der Waals surface area contributed by atoms with Crippen molar-refractivity contribution < 1.29 is 22.7 Å². The molecule has 1 amide bonds. The zero-order valence-electron chi connectivity index (χ0n) is 11.1. The Morgan fingerprint density at radius 1 is 1.30 bits per heavy atom. The second-order valence-corrected chi connectivity index (χ2v) is 4.09. The van der Waals surface area contributed by atoms with Crippen molar-refractivity contribution in [2.24, 2.45) is 0 Å². The highest BCUT2D eigenvalue weighted by Crippen LogP contribution is 2.30. The lowest BCUT2D eigenvalue weighted by molar-refractivity contribution is -0.137. The van der Waals surface area contributed by atoms with Crippen molar-refractivity contribution in [1.29, 1.82) is 0 Å². The molecule has 2 N–H and O–H groups in total. The minimum atomic E-state index is -4.44. The molecule has 1 aromatic rings. The largest absolute Gasteiger partial charge is 0.448 e. The highest BCUT2D eigenvalue weighted by Gasteiger charge is 2.30. The number of hydrogen-bond acceptors (Lipinski definition) is 3. The van der Waals surface area contributed by atoms with Gasteiger partial charge in [-0.3, -0.25) is 5.32 Å². The summed E-state index contributed by atoms with van der Waals surface area (Å²) in [7, 11) is 0. The average molecular weight is 290 g/mol. The lowest BCUT2D eigenvalue weighted by atomic mass is 10.2. The first-order chi connectivity index (χ1) is 9.43. The van der Waals surface area contributed by atoms with Crippen LogP contribution in [0.5, 0.6) is 0 Å². The number of carbonyl (C=O) groups excluding carboxylic acids is 1. The fourth-order valence-electron chi connectivity index (χ4n) is 1.44. The van der Waals surface area contributed by atoms with Gasteiger partial charge in [-0.15, -0.1) is 0 Å². The predicted octanol–water partition coefficient (Wildman–Crippen LogP) is 3.25. The molecule has 0 unspecified atom stereocenters.